The van der Waals surface area contributed by atoms with Gasteiger partial charge in [0, 0.05) is 38.9 Å². The summed E-state index contributed by atoms with van der Waals surface area (Å²) < 4.78 is 2.40. The van der Waals surface area contributed by atoms with Crippen LogP contribution in [0.3, 0.4) is 0 Å². The number of benzene rings is 11. The molecule has 1 unspecified atom stereocenters. The average molecular weight is 973 g/mol. The molecule has 0 aliphatic heterocycles. The Balaban J connectivity index is 0.925. The molecule has 0 saturated heterocycles. The fourth-order valence-electron chi connectivity index (χ4n) is 12.1. The number of aryl methyl sites for hydroxylation is 1. The van der Waals surface area contributed by atoms with Gasteiger partial charge in [-0.25, -0.2) is 0 Å². The number of nitrogens with zero attached hydrogens (tertiary/aromatic N) is 2. The van der Waals surface area contributed by atoms with Gasteiger partial charge in [0.25, 0.3) is 0 Å². The molecule has 0 saturated carbocycles. The van der Waals surface area contributed by atoms with E-state index in [1.807, 2.05) is 12.2 Å². The first-order valence-electron chi connectivity index (χ1n) is 26.5. The van der Waals surface area contributed by atoms with E-state index in [1.54, 1.807) is 0 Å². The normalized spacial score (nSPS) is 13.6. The summed E-state index contributed by atoms with van der Waals surface area (Å²) in [7, 11) is 0. The standard InChI is InChI=1S/C74H56N2/c1-3-52-26-28-54(29-27-52)17-16-48-74(61-20-10-6-11-21-61)70-25-15-14-24-66(70)67-45-44-65(51-71(67)74)75(63-40-34-56(35-41-63)55-18-8-5-9-19-55)64-42-36-58(37-43-64)60-39-47-73-69(50-60)68-49-59(57-32-30-53(4-2)31-33-57)38-46-72(68)76(73)62-22-12-7-13-23-62/h3-15,18-47,49-51H,1-2,16-17,48H2. The molecule has 362 valence electrons. The lowest BCUT2D eigenvalue weighted by Crippen LogP contribution is -2.27. The van der Waals surface area contributed by atoms with E-state index in [1.165, 1.54) is 83.0 Å². The molecule has 1 aliphatic rings. The first-order valence-corrected chi connectivity index (χ1v) is 26.5. The first-order chi connectivity index (χ1) is 37.6. The van der Waals surface area contributed by atoms with Crippen LogP contribution in [0.1, 0.15) is 46.2 Å². The van der Waals surface area contributed by atoms with E-state index in [-0.39, 0.29) is 5.41 Å². The zero-order chi connectivity index (χ0) is 51.0. The van der Waals surface area contributed by atoms with Gasteiger partial charge in [-0.1, -0.05) is 219 Å². The van der Waals surface area contributed by atoms with Crippen LogP contribution in [0.25, 0.3) is 84.2 Å². The van der Waals surface area contributed by atoms with Crippen LogP contribution >= 0.6 is 0 Å². The smallest absolute Gasteiger partial charge is 0.0541 e. The van der Waals surface area contributed by atoms with Crippen molar-refractivity contribution in [1.82, 2.24) is 4.57 Å². The van der Waals surface area contributed by atoms with Gasteiger partial charge in [-0.3, -0.25) is 0 Å². The maximum atomic E-state index is 3.98. The van der Waals surface area contributed by atoms with Gasteiger partial charge in [0.2, 0.25) is 0 Å². The number of fused-ring (bicyclic) bond motifs is 6. The number of hydrogen-bond donors (Lipinski definition) is 0. The van der Waals surface area contributed by atoms with Gasteiger partial charge in [-0.15, -0.1) is 0 Å². The van der Waals surface area contributed by atoms with Crippen molar-refractivity contribution in [3.05, 3.63) is 313 Å². The van der Waals surface area contributed by atoms with Gasteiger partial charge < -0.3 is 9.47 Å². The molecule has 2 nitrogen and oxygen atoms in total. The van der Waals surface area contributed by atoms with E-state index < -0.39 is 0 Å². The molecular weight excluding hydrogens is 917 g/mol. The van der Waals surface area contributed by atoms with Gasteiger partial charge >= 0.3 is 0 Å². The molecule has 1 aromatic heterocycles. The van der Waals surface area contributed by atoms with Crippen molar-refractivity contribution in [3.8, 4) is 50.2 Å². The van der Waals surface area contributed by atoms with Gasteiger partial charge in [-0.2, -0.15) is 0 Å². The second-order valence-electron chi connectivity index (χ2n) is 20.1. The van der Waals surface area contributed by atoms with E-state index in [0.717, 1.165) is 58.7 Å². The van der Waals surface area contributed by atoms with Crippen molar-refractivity contribution in [3.63, 3.8) is 0 Å². The minimum absolute atomic E-state index is 0.351. The molecule has 0 bridgehead atoms. The van der Waals surface area contributed by atoms with Gasteiger partial charge in [-0.05, 0) is 170 Å². The summed E-state index contributed by atoms with van der Waals surface area (Å²) in [5.41, 5.74) is 23.8. The number of rotatable bonds is 14. The Bertz CT molecular complexity index is 4060. The number of anilines is 3. The minimum atomic E-state index is -0.351. The lowest BCUT2D eigenvalue weighted by molar-refractivity contribution is 0.544. The summed E-state index contributed by atoms with van der Waals surface area (Å²) in [5, 5.41) is 2.44. The summed E-state index contributed by atoms with van der Waals surface area (Å²) in [6, 6.07) is 98.6. The molecule has 1 aliphatic carbocycles. The van der Waals surface area contributed by atoms with Crippen LogP contribution in [0.2, 0.25) is 0 Å². The predicted octanol–water partition coefficient (Wildman–Crippen LogP) is 19.9. The monoisotopic (exact) mass is 972 g/mol. The number of para-hydroxylation sites is 1. The first kappa shape index (κ1) is 46.3. The van der Waals surface area contributed by atoms with Crippen molar-refractivity contribution in [1.29, 1.82) is 0 Å². The maximum absolute atomic E-state index is 3.98. The van der Waals surface area contributed by atoms with Crippen LogP contribution < -0.4 is 4.90 Å². The Morgan fingerprint density at radius 1 is 0.382 bits per heavy atom. The zero-order valence-corrected chi connectivity index (χ0v) is 42.5. The van der Waals surface area contributed by atoms with Crippen LogP contribution in [-0.4, -0.2) is 4.57 Å². The molecule has 0 fully saturated rings. The highest BCUT2D eigenvalue weighted by molar-refractivity contribution is 6.11. The summed E-state index contributed by atoms with van der Waals surface area (Å²) in [6.07, 6.45) is 6.79. The van der Waals surface area contributed by atoms with Crippen LogP contribution in [0.4, 0.5) is 17.1 Å². The Morgan fingerprint density at radius 3 is 1.43 bits per heavy atom. The fourth-order valence-corrected chi connectivity index (χ4v) is 12.1. The van der Waals surface area contributed by atoms with Crippen molar-refractivity contribution >= 4 is 51.0 Å². The van der Waals surface area contributed by atoms with Gasteiger partial charge in [0.05, 0.1) is 11.0 Å². The second-order valence-corrected chi connectivity index (χ2v) is 20.1. The van der Waals surface area contributed by atoms with Crippen LogP contribution in [0, 0.1) is 0 Å². The Labute approximate surface area is 446 Å². The van der Waals surface area contributed by atoms with Crippen LogP contribution in [-0.2, 0) is 11.8 Å². The molecular formula is C74H56N2. The summed E-state index contributed by atoms with van der Waals surface area (Å²) in [5.74, 6) is 0. The second kappa shape index (κ2) is 19.7. The van der Waals surface area contributed by atoms with E-state index >= 15 is 0 Å². The molecule has 0 amide bonds. The fraction of sp³-hybridized carbons (Fsp3) is 0.0541. The topological polar surface area (TPSA) is 8.17 Å². The molecule has 1 heterocycles. The zero-order valence-electron chi connectivity index (χ0n) is 42.5. The Kier molecular flexibility index (Phi) is 12.0. The third kappa shape index (κ3) is 8.25. The molecule has 0 radical (unpaired) electrons. The highest BCUT2D eigenvalue weighted by Crippen LogP contribution is 2.56. The summed E-state index contributed by atoms with van der Waals surface area (Å²) >= 11 is 0. The lowest BCUT2D eigenvalue weighted by atomic mass is 9.69. The van der Waals surface area contributed by atoms with Crippen LogP contribution in [0.5, 0.6) is 0 Å². The highest BCUT2D eigenvalue weighted by Gasteiger charge is 2.44. The number of aromatic nitrogens is 1. The van der Waals surface area contributed by atoms with Crippen LogP contribution in [0.15, 0.2) is 280 Å². The largest absolute Gasteiger partial charge is 0.310 e. The van der Waals surface area contributed by atoms with E-state index in [2.05, 4.69) is 290 Å². The summed E-state index contributed by atoms with van der Waals surface area (Å²) in [6.45, 7) is 7.95. The summed E-state index contributed by atoms with van der Waals surface area (Å²) in [4.78, 5) is 2.44. The van der Waals surface area contributed by atoms with Crippen molar-refractivity contribution < 1.29 is 0 Å². The van der Waals surface area contributed by atoms with Gasteiger partial charge in [0.1, 0.15) is 0 Å². The molecule has 2 heteroatoms. The molecule has 1 atom stereocenters. The minimum Gasteiger partial charge on any atom is -0.310 e. The third-order valence-corrected chi connectivity index (χ3v) is 15.8. The molecule has 12 aromatic rings. The molecule has 0 N–H and O–H groups in total. The van der Waals surface area contributed by atoms with Crippen molar-refractivity contribution in [2.75, 3.05) is 4.90 Å². The quantitative estimate of drug-likeness (QED) is 0.105. The maximum Gasteiger partial charge on any atom is 0.0541 e. The average Bonchev–Trinajstić information content (AvgIpc) is 4.04. The van der Waals surface area contributed by atoms with E-state index in [9.17, 15) is 0 Å². The molecule has 13 rings (SSSR count). The molecule has 76 heavy (non-hydrogen) atoms. The predicted molar refractivity (Wildman–Crippen MR) is 323 cm³/mol. The highest BCUT2D eigenvalue weighted by atomic mass is 15.1. The molecule has 11 aromatic carbocycles. The lowest BCUT2D eigenvalue weighted by Gasteiger charge is -2.34. The van der Waals surface area contributed by atoms with Crippen molar-refractivity contribution in [2.24, 2.45) is 0 Å². The number of hydrogen-bond acceptors (Lipinski definition) is 1. The third-order valence-electron chi connectivity index (χ3n) is 15.8. The van der Waals surface area contributed by atoms with E-state index in [0.29, 0.717) is 0 Å². The van der Waals surface area contributed by atoms with Crippen molar-refractivity contribution in [2.45, 2.75) is 24.7 Å². The van der Waals surface area contributed by atoms with Gasteiger partial charge in [0.15, 0.2) is 0 Å². The molecule has 0 spiro atoms. The SMILES string of the molecule is C=Cc1ccc(CCCC2(c3ccccc3)c3ccccc3-c3ccc(N(c4ccc(-c5ccccc5)cc4)c4ccc(-c5ccc6c(c5)c5cc(-c7ccc(C=C)cc7)ccc5n6-c5ccccc5)cc4)cc32)cc1. The Hall–Kier alpha value is -9.50. The van der Waals surface area contributed by atoms with E-state index in [4.69, 9.17) is 0 Å². The Morgan fingerprint density at radius 2 is 0.842 bits per heavy atom.